The maximum absolute atomic E-state index is 12.5. The molecule has 2 aliphatic rings. The van der Waals surface area contributed by atoms with Crippen LogP contribution in [0.15, 0.2) is 0 Å². The van der Waals surface area contributed by atoms with Gasteiger partial charge in [-0.05, 0) is 32.6 Å². The topological polar surface area (TPSA) is 87.9 Å². The zero-order chi connectivity index (χ0) is 17.5. The van der Waals surface area contributed by atoms with Crippen LogP contribution in [0.1, 0.15) is 32.6 Å². The van der Waals surface area contributed by atoms with E-state index in [0.717, 1.165) is 38.8 Å². The Morgan fingerprint density at radius 2 is 1.85 bits per heavy atom. The smallest absolute Gasteiger partial charge is 0.237 e. The molecule has 3 atom stereocenters. The fourth-order valence-electron chi connectivity index (χ4n) is 3.57. The molecule has 2 rings (SSSR count). The predicted molar refractivity (Wildman–Crippen MR) is 107 cm³/mol. The van der Waals surface area contributed by atoms with Crippen molar-refractivity contribution in [2.45, 2.75) is 44.7 Å². The van der Waals surface area contributed by atoms with E-state index in [0.29, 0.717) is 26.2 Å². The van der Waals surface area contributed by atoms with Crippen LogP contribution in [0, 0.1) is 5.92 Å². The molecule has 1 saturated heterocycles. The number of nitrogens with zero attached hydrogens (tertiary/aromatic N) is 2. The maximum atomic E-state index is 12.5. The zero-order valence-corrected chi connectivity index (χ0v) is 17.4. The van der Waals surface area contributed by atoms with Crippen molar-refractivity contribution in [3.8, 4) is 0 Å². The number of hydrogen-bond donors (Lipinski definition) is 2. The molecule has 154 valence electrons. The number of nitrogens with two attached hydrogens (primary N) is 1. The lowest BCUT2D eigenvalue weighted by Crippen LogP contribution is -2.55. The van der Waals surface area contributed by atoms with E-state index in [2.05, 4.69) is 10.2 Å². The summed E-state index contributed by atoms with van der Waals surface area (Å²) in [4.78, 5) is 28.8. The number of carbonyl (C=O) groups is 2. The Morgan fingerprint density at radius 1 is 1.19 bits per heavy atom. The zero-order valence-electron chi connectivity index (χ0n) is 15.8. The van der Waals surface area contributed by atoms with Crippen molar-refractivity contribution in [1.82, 2.24) is 15.1 Å². The van der Waals surface area contributed by atoms with E-state index in [1.807, 2.05) is 11.8 Å². The molecule has 0 bridgehead atoms. The molecule has 2 amide bonds. The third-order valence-electron chi connectivity index (χ3n) is 5.20. The summed E-state index contributed by atoms with van der Waals surface area (Å²) in [5, 5.41) is 2.94. The van der Waals surface area contributed by atoms with Crippen molar-refractivity contribution in [1.29, 1.82) is 0 Å². The molecule has 9 heteroatoms. The summed E-state index contributed by atoms with van der Waals surface area (Å²) in [7, 11) is 1.66. The van der Waals surface area contributed by atoms with Crippen LogP contribution in [0.2, 0.25) is 0 Å². The summed E-state index contributed by atoms with van der Waals surface area (Å²) in [5.74, 6) is 0.403. The highest BCUT2D eigenvalue weighted by atomic mass is 35.5. The number of methoxy groups -OCH3 is 1. The van der Waals surface area contributed by atoms with E-state index in [4.69, 9.17) is 10.5 Å². The van der Waals surface area contributed by atoms with Gasteiger partial charge in [-0.2, -0.15) is 0 Å². The number of rotatable bonds is 7. The molecule has 3 N–H and O–H groups in total. The Balaban J connectivity index is 0.00000312. The van der Waals surface area contributed by atoms with Gasteiger partial charge < -0.3 is 20.7 Å². The molecule has 26 heavy (non-hydrogen) atoms. The molecule has 0 aromatic rings. The minimum absolute atomic E-state index is 0. The van der Waals surface area contributed by atoms with E-state index in [1.54, 1.807) is 7.11 Å². The molecule has 1 aliphatic carbocycles. The van der Waals surface area contributed by atoms with Gasteiger partial charge in [-0.1, -0.05) is 0 Å². The first-order chi connectivity index (χ1) is 11.5. The summed E-state index contributed by atoms with van der Waals surface area (Å²) >= 11 is 0. The summed E-state index contributed by atoms with van der Waals surface area (Å²) in [6, 6.07) is 0.0202. The van der Waals surface area contributed by atoms with E-state index in [-0.39, 0.29) is 54.6 Å². The largest absolute Gasteiger partial charge is 0.385 e. The first-order valence-corrected chi connectivity index (χ1v) is 9.08. The van der Waals surface area contributed by atoms with Crippen molar-refractivity contribution in [3.63, 3.8) is 0 Å². The Bertz CT molecular complexity index is 434. The first-order valence-electron chi connectivity index (χ1n) is 9.08. The second-order valence-corrected chi connectivity index (χ2v) is 6.94. The molecule has 1 heterocycles. The van der Waals surface area contributed by atoms with Crippen LogP contribution >= 0.6 is 24.8 Å². The lowest BCUT2D eigenvalue weighted by atomic mass is 10.1. The highest BCUT2D eigenvalue weighted by Crippen LogP contribution is 2.26. The number of halogens is 2. The predicted octanol–water partition coefficient (Wildman–Crippen LogP) is 0.643. The van der Waals surface area contributed by atoms with Crippen molar-refractivity contribution in [3.05, 3.63) is 0 Å². The Hall–Kier alpha value is -0.600. The molecule has 0 spiro atoms. The first kappa shape index (κ1) is 25.4. The van der Waals surface area contributed by atoms with E-state index >= 15 is 0 Å². The van der Waals surface area contributed by atoms with Gasteiger partial charge in [-0.15, -0.1) is 24.8 Å². The van der Waals surface area contributed by atoms with Gasteiger partial charge >= 0.3 is 0 Å². The van der Waals surface area contributed by atoms with Gasteiger partial charge in [0.15, 0.2) is 0 Å². The van der Waals surface area contributed by atoms with Crippen molar-refractivity contribution < 1.29 is 14.3 Å². The van der Waals surface area contributed by atoms with Crippen LogP contribution in [-0.2, 0) is 14.3 Å². The van der Waals surface area contributed by atoms with Gasteiger partial charge in [0.05, 0.1) is 6.04 Å². The summed E-state index contributed by atoms with van der Waals surface area (Å²) in [5.41, 5.74) is 5.92. The molecule has 3 unspecified atom stereocenters. The molecule has 7 nitrogen and oxygen atoms in total. The van der Waals surface area contributed by atoms with Crippen molar-refractivity contribution in [2.24, 2.45) is 11.7 Å². The molecule has 2 fully saturated rings. The highest BCUT2D eigenvalue weighted by molar-refractivity contribution is 5.85. The number of carbonyl (C=O) groups excluding carboxylic acids is 2. The maximum Gasteiger partial charge on any atom is 0.237 e. The van der Waals surface area contributed by atoms with Crippen LogP contribution in [-0.4, -0.2) is 80.1 Å². The van der Waals surface area contributed by atoms with E-state index < -0.39 is 0 Å². The number of piperazine rings is 1. The van der Waals surface area contributed by atoms with E-state index in [1.165, 1.54) is 0 Å². The number of nitrogens with one attached hydrogen (secondary N) is 1. The summed E-state index contributed by atoms with van der Waals surface area (Å²) < 4.78 is 4.98. The van der Waals surface area contributed by atoms with Gasteiger partial charge in [0.2, 0.25) is 11.8 Å². The van der Waals surface area contributed by atoms with Crippen LogP contribution in [0.25, 0.3) is 0 Å². The van der Waals surface area contributed by atoms with Crippen molar-refractivity contribution >= 4 is 36.6 Å². The van der Waals surface area contributed by atoms with E-state index in [9.17, 15) is 9.59 Å². The lowest BCUT2D eigenvalue weighted by Gasteiger charge is -2.38. The average Bonchev–Trinajstić information content (AvgIpc) is 3.04. The molecular formula is C17H34Cl2N4O3. The van der Waals surface area contributed by atoms with Crippen LogP contribution in [0.4, 0.5) is 0 Å². The minimum Gasteiger partial charge on any atom is -0.385 e. The van der Waals surface area contributed by atoms with Gasteiger partial charge in [-0.3, -0.25) is 14.5 Å². The summed E-state index contributed by atoms with van der Waals surface area (Å²) in [6.07, 6.45) is 3.51. The fraction of sp³-hybridized carbons (Fsp3) is 0.882. The van der Waals surface area contributed by atoms with Crippen LogP contribution in [0.3, 0.4) is 0 Å². The lowest BCUT2D eigenvalue weighted by molar-refractivity contribution is -0.138. The molecule has 0 aromatic heterocycles. The second-order valence-electron chi connectivity index (χ2n) is 6.94. The summed E-state index contributed by atoms with van der Waals surface area (Å²) in [6.45, 7) is 6.11. The third kappa shape index (κ3) is 7.19. The molecule has 0 aromatic carbocycles. The van der Waals surface area contributed by atoms with Crippen molar-refractivity contribution in [2.75, 3.05) is 46.4 Å². The van der Waals surface area contributed by atoms with Crippen LogP contribution < -0.4 is 11.1 Å². The second kappa shape index (κ2) is 12.7. The Kier molecular flexibility index (Phi) is 12.4. The molecule has 1 saturated carbocycles. The molecule has 1 aliphatic heterocycles. The normalized spacial score (nSPS) is 24.3. The SMILES string of the molecule is COCCCNC(=O)C(C)N1CCN(C(=O)C2CCC(N)C2)CC1.Cl.Cl. The average molecular weight is 413 g/mol. The van der Waals surface area contributed by atoms with Crippen LogP contribution in [0.5, 0.6) is 0 Å². The highest BCUT2D eigenvalue weighted by Gasteiger charge is 2.33. The van der Waals surface area contributed by atoms with Gasteiger partial charge in [-0.25, -0.2) is 0 Å². The molecular weight excluding hydrogens is 379 g/mol. The standard InChI is InChI=1S/C17H32N4O3.2ClH/c1-13(16(22)19-6-3-11-24-2)20-7-9-21(10-8-20)17(23)14-4-5-15(18)12-14;;/h13-15H,3-12,18H2,1-2H3,(H,19,22);2*1H. The number of hydrogen-bond acceptors (Lipinski definition) is 5. The van der Waals surface area contributed by atoms with Gasteiger partial charge in [0.25, 0.3) is 0 Å². The Morgan fingerprint density at radius 3 is 2.38 bits per heavy atom. The third-order valence-corrected chi connectivity index (χ3v) is 5.20. The van der Waals surface area contributed by atoms with Gasteiger partial charge in [0.1, 0.15) is 0 Å². The quantitative estimate of drug-likeness (QED) is 0.599. The van der Waals surface area contributed by atoms with Gasteiger partial charge in [0, 0.05) is 58.4 Å². The monoisotopic (exact) mass is 412 g/mol. The molecule has 0 radical (unpaired) electrons. The fourth-order valence-corrected chi connectivity index (χ4v) is 3.57. The minimum atomic E-state index is -0.162. The number of amides is 2. The number of ether oxygens (including phenoxy) is 1. The Labute approximate surface area is 169 Å².